The van der Waals surface area contributed by atoms with E-state index in [9.17, 15) is 9.90 Å². The zero-order valence-electron chi connectivity index (χ0n) is 10.3. The van der Waals surface area contributed by atoms with Crippen LogP contribution in [0.3, 0.4) is 0 Å². The van der Waals surface area contributed by atoms with Crippen molar-refractivity contribution in [1.82, 2.24) is 0 Å². The van der Waals surface area contributed by atoms with Crippen molar-refractivity contribution >= 4 is 5.97 Å². The molecule has 0 aliphatic heterocycles. The maximum atomic E-state index is 10.8. The van der Waals surface area contributed by atoms with Gasteiger partial charge in [0, 0.05) is 0 Å². The lowest BCUT2D eigenvalue weighted by Crippen LogP contribution is -2.44. The number of carboxylic acid groups (broad SMARTS) is 1. The Morgan fingerprint density at radius 3 is 2.17 bits per heavy atom. The molecular weight excluding hydrogens is 236 g/mol. The third-order valence-corrected chi connectivity index (χ3v) is 3.41. The molecule has 1 fully saturated rings. The summed E-state index contributed by atoms with van der Waals surface area (Å²) in [5.74, 6) is -0.362. The van der Waals surface area contributed by atoms with Gasteiger partial charge < -0.3 is 19.7 Å². The zero-order chi connectivity index (χ0) is 13.3. The monoisotopic (exact) mass is 252 g/mol. The molecule has 5 nitrogen and oxygen atoms in total. The summed E-state index contributed by atoms with van der Waals surface area (Å²) < 4.78 is 10.4. The van der Waals surface area contributed by atoms with Crippen LogP contribution >= 0.6 is 0 Å². The lowest BCUT2D eigenvalue weighted by molar-refractivity contribution is -0.159. The highest BCUT2D eigenvalue weighted by Crippen LogP contribution is 2.51. The lowest BCUT2D eigenvalue weighted by Gasteiger charge is -2.42. The van der Waals surface area contributed by atoms with Crippen LogP contribution in [-0.4, -0.2) is 30.4 Å². The number of carbonyl (C=O) groups is 1. The average Bonchev–Trinajstić information content (AvgIpc) is 2.33. The second-order valence-corrected chi connectivity index (χ2v) is 4.51. The van der Waals surface area contributed by atoms with Gasteiger partial charge in [0.05, 0.1) is 31.3 Å². The quantitative estimate of drug-likeness (QED) is 0.846. The van der Waals surface area contributed by atoms with Crippen LogP contribution < -0.4 is 9.47 Å². The molecule has 0 atom stereocenters. The molecule has 98 valence electrons. The van der Waals surface area contributed by atoms with E-state index in [1.807, 2.05) is 0 Å². The Morgan fingerprint density at radius 1 is 1.28 bits per heavy atom. The van der Waals surface area contributed by atoms with Crippen molar-refractivity contribution in [2.45, 2.75) is 18.4 Å². The Hall–Kier alpha value is -1.75. The molecule has 0 bridgehead atoms. The number of hydrogen-bond donors (Lipinski definition) is 2. The van der Waals surface area contributed by atoms with Crippen LogP contribution in [0.4, 0.5) is 0 Å². The number of carboxylic acids is 1. The summed E-state index contributed by atoms with van der Waals surface area (Å²) in [6.07, 6.45) is 0.359. The Morgan fingerprint density at radius 2 is 1.78 bits per heavy atom. The van der Waals surface area contributed by atoms with Gasteiger partial charge in [-0.1, -0.05) is 6.07 Å². The van der Waals surface area contributed by atoms with E-state index < -0.39 is 17.5 Å². The number of aliphatic carboxylic acids is 1. The standard InChI is InChI=1S/C13H16O5/c1-17-9-4-3-5-10(18-2)11(9)13(16)6-8(7-13)12(14)15/h3-5,8,16H,6-7H2,1-2H3,(H,14,15). The Kier molecular flexibility index (Phi) is 3.17. The van der Waals surface area contributed by atoms with Crippen LogP contribution in [0.1, 0.15) is 18.4 Å². The zero-order valence-corrected chi connectivity index (χ0v) is 10.3. The molecule has 18 heavy (non-hydrogen) atoms. The molecule has 0 heterocycles. The first kappa shape index (κ1) is 12.7. The Balaban J connectivity index is 2.36. The summed E-state index contributed by atoms with van der Waals surface area (Å²) in [5.41, 5.74) is -0.645. The highest BCUT2D eigenvalue weighted by molar-refractivity contribution is 5.72. The van der Waals surface area contributed by atoms with Gasteiger partial charge in [0.25, 0.3) is 0 Å². The van der Waals surface area contributed by atoms with Crippen LogP contribution in [0.15, 0.2) is 18.2 Å². The predicted molar refractivity (Wildman–Crippen MR) is 63.8 cm³/mol. The minimum absolute atomic E-state index is 0.180. The number of hydrogen-bond acceptors (Lipinski definition) is 4. The summed E-state index contributed by atoms with van der Waals surface area (Å²) in [6, 6.07) is 5.21. The van der Waals surface area contributed by atoms with E-state index in [1.54, 1.807) is 18.2 Å². The van der Waals surface area contributed by atoms with Gasteiger partial charge in [0.2, 0.25) is 0 Å². The molecule has 1 aliphatic carbocycles. The van der Waals surface area contributed by atoms with Crippen LogP contribution in [-0.2, 0) is 10.4 Å². The van der Waals surface area contributed by atoms with E-state index >= 15 is 0 Å². The van der Waals surface area contributed by atoms with Gasteiger partial charge in [0.1, 0.15) is 11.5 Å². The van der Waals surface area contributed by atoms with Gasteiger partial charge in [-0.25, -0.2) is 0 Å². The van der Waals surface area contributed by atoms with E-state index in [1.165, 1.54) is 14.2 Å². The van der Waals surface area contributed by atoms with Crippen molar-refractivity contribution < 1.29 is 24.5 Å². The summed E-state index contributed by atoms with van der Waals surface area (Å²) in [7, 11) is 3.02. The number of aliphatic hydroxyl groups is 1. The third-order valence-electron chi connectivity index (χ3n) is 3.41. The topological polar surface area (TPSA) is 76.0 Å². The maximum Gasteiger partial charge on any atom is 0.306 e. The number of ether oxygens (including phenoxy) is 2. The molecule has 0 saturated heterocycles. The molecule has 2 N–H and O–H groups in total. The first-order valence-electron chi connectivity index (χ1n) is 5.68. The molecule has 0 radical (unpaired) electrons. The maximum absolute atomic E-state index is 10.8. The minimum Gasteiger partial charge on any atom is -0.496 e. The summed E-state index contributed by atoms with van der Waals surface area (Å²) in [5, 5.41) is 19.4. The minimum atomic E-state index is -1.18. The normalized spacial score (nSPS) is 26.3. The smallest absolute Gasteiger partial charge is 0.306 e. The van der Waals surface area contributed by atoms with Crippen molar-refractivity contribution in [2.24, 2.45) is 5.92 Å². The average molecular weight is 252 g/mol. The molecule has 0 aromatic heterocycles. The predicted octanol–water partition coefficient (Wildman–Crippen LogP) is 1.39. The van der Waals surface area contributed by atoms with Crippen molar-refractivity contribution in [1.29, 1.82) is 0 Å². The molecule has 0 spiro atoms. The summed E-state index contributed by atoms with van der Waals surface area (Å²) >= 11 is 0. The molecule has 0 unspecified atom stereocenters. The lowest BCUT2D eigenvalue weighted by atomic mass is 9.67. The number of rotatable bonds is 4. The van der Waals surface area contributed by atoms with Crippen molar-refractivity contribution in [3.8, 4) is 11.5 Å². The van der Waals surface area contributed by atoms with Crippen molar-refractivity contribution in [3.63, 3.8) is 0 Å². The van der Waals surface area contributed by atoms with Crippen molar-refractivity contribution in [2.75, 3.05) is 14.2 Å². The summed E-state index contributed by atoms with van der Waals surface area (Å²) in [4.78, 5) is 10.8. The van der Waals surface area contributed by atoms with Crippen LogP contribution in [0.5, 0.6) is 11.5 Å². The highest BCUT2D eigenvalue weighted by atomic mass is 16.5. The van der Waals surface area contributed by atoms with E-state index in [4.69, 9.17) is 14.6 Å². The first-order chi connectivity index (χ1) is 8.51. The molecule has 1 aromatic rings. The Labute approximate surface area is 105 Å². The fourth-order valence-corrected chi connectivity index (χ4v) is 2.44. The van der Waals surface area contributed by atoms with Gasteiger partial charge in [-0.3, -0.25) is 4.79 Å². The number of methoxy groups -OCH3 is 2. The molecule has 1 aromatic carbocycles. The highest BCUT2D eigenvalue weighted by Gasteiger charge is 2.50. The molecular formula is C13H16O5. The molecule has 1 saturated carbocycles. The van der Waals surface area contributed by atoms with E-state index in [0.717, 1.165) is 0 Å². The third kappa shape index (κ3) is 1.90. The molecule has 2 rings (SSSR count). The van der Waals surface area contributed by atoms with Gasteiger partial charge in [-0.15, -0.1) is 0 Å². The van der Waals surface area contributed by atoms with E-state index in [-0.39, 0.29) is 12.8 Å². The van der Waals surface area contributed by atoms with Gasteiger partial charge in [0.15, 0.2) is 0 Å². The second kappa shape index (κ2) is 4.49. The van der Waals surface area contributed by atoms with Crippen LogP contribution in [0.25, 0.3) is 0 Å². The van der Waals surface area contributed by atoms with Gasteiger partial charge >= 0.3 is 5.97 Å². The SMILES string of the molecule is COc1cccc(OC)c1C1(O)CC(C(=O)O)C1. The fraction of sp³-hybridized carbons (Fsp3) is 0.462. The molecule has 5 heteroatoms. The van der Waals surface area contributed by atoms with Crippen molar-refractivity contribution in [3.05, 3.63) is 23.8 Å². The van der Waals surface area contributed by atoms with Crippen LogP contribution in [0, 0.1) is 5.92 Å². The van der Waals surface area contributed by atoms with Crippen LogP contribution in [0.2, 0.25) is 0 Å². The summed E-state index contributed by atoms with van der Waals surface area (Å²) in [6.45, 7) is 0. The number of benzene rings is 1. The Bertz CT molecular complexity index is 440. The fourth-order valence-electron chi connectivity index (χ4n) is 2.44. The first-order valence-corrected chi connectivity index (χ1v) is 5.68. The van der Waals surface area contributed by atoms with E-state index in [2.05, 4.69) is 0 Å². The molecule has 1 aliphatic rings. The molecule has 0 amide bonds. The van der Waals surface area contributed by atoms with E-state index in [0.29, 0.717) is 17.1 Å². The van der Waals surface area contributed by atoms with Gasteiger partial charge in [-0.2, -0.15) is 0 Å². The second-order valence-electron chi connectivity index (χ2n) is 4.51. The largest absolute Gasteiger partial charge is 0.496 e. The van der Waals surface area contributed by atoms with Gasteiger partial charge in [-0.05, 0) is 25.0 Å².